The van der Waals surface area contributed by atoms with Crippen LogP contribution < -0.4 is 5.32 Å². The molecule has 2 nitrogen and oxygen atoms in total. The Morgan fingerprint density at radius 2 is 1.79 bits per heavy atom. The molecule has 0 fully saturated rings. The SMILES string of the molecule is Cc1cc(C(=O)NCc2ccc(Br)cc2)ccc1Br. The highest BCUT2D eigenvalue weighted by atomic mass is 79.9. The minimum Gasteiger partial charge on any atom is -0.348 e. The molecular weight excluding hydrogens is 370 g/mol. The van der Waals surface area contributed by atoms with Crippen molar-refractivity contribution in [1.82, 2.24) is 5.32 Å². The van der Waals surface area contributed by atoms with Crippen molar-refractivity contribution in [2.75, 3.05) is 0 Å². The molecule has 0 atom stereocenters. The summed E-state index contributed by atoms with van der Waals surface area (Å²) in [5.74, 6) is -0.0569. The van der Waals surface area contributed by atoms with Gasteiger partial charge in [0.15, 0.2) is 0 Å². The van der Waals surface area contributed by atoms with Crippen molar-refractivity contribution in [3.63, 3.8) is 0 Å². The van der Waals surface area contributed by atoms with Gasteiger partial charge < -0.3 is 5.32 Å². The number of nitrogens with one attached hydrogen (secondary N) is 1. The first-order chi connectivity index (χ1) is 9.06. The van der Waals surface area contributed by atoms with Gasteiger partial charge >= 0.3 is 0 Å². The van der Waals surface area contributed by atoms with Crippen LogP contribution in [0.25, 0.3) is 0 Å². The molecule has 0 saturated carbocycles. The molecule has 0 bridgehead atoms. The van der Waals surface area contributed by atoms with E-state index in [1.54, 1.807) is 0 Å². The van der Waals surface area contributed by atoms with Gasteiger partial charge in [0, 0.05) is 21.1 Å². The minimum atomic E-state index is -0.0569. The number of amides is 1. The highest BCUT2D eigenvalue weighted by Gasteiger charge is 2.06. The Balaban J connectivity index is 2.01. The maximum atomic E-state index is 12.0. The van der Waals surface area contributed by atoms with Crippen LogP contribution in [0, 0.1) is 6.92 Å². The predicted molar refractivity (Wildman–Crippen MR) is 84.2 cm³/mol. The third-order valence-electron chi connectivity index (χ3n) is 2.79. The average molecular weight is 383 g/mol. The number of halogens is 2. The van der Waals surface area contributed by atoms with Gasteiger partial charge in [0.25, 0.3) is 5.91 Å². The summed E-state index contributed by atoms with van der Waals surface area (Å²) >= 11 is 6.81. The molecule has 98 valence electrons. The summed E-state index contributed by atoms with van der Waals surface area (Å²) in [7, 11) is 0. The first kappa shape index (κ1) is 14.3. The molecule has 0 aromatic heterocycles. The highest BCUT2D eigenvalue weighted by Crippen LogP contribution is 2.17. The number of carbonyl (C=O) groups is 1. The maximum absolute atomic E-state index is 12.0. The largest absolute Gasteiger partial charge is 0.348 e. The van der Waals surface area contributed by atoms with E-state index < -0.39 is 0 Å². The number of rotatable bonds is 3. The minimum absolute atomic E-state index is 0.0569. The summed E-state index contributed by atoms with van der Waals surface area (Å²) < 4.78 is 2.04. The molecule has 0 aliphatic heterocycles. The Morgan fingerprint density at radius 1 is 1.11 bits per heavy atom. The Labute approximate surface area is 129 Å². The van der Waals surface area contributed by atoms with E-state index in [9.17, 15) is 4.79 Å². The van der Waals surface area contributed by atoms with E-state index in [0.717, 1.165) is 20.1 Å². The van der Waals surface area contributed by atoms with Crippen LogP contribution in [0.1, 0.15) is 21.5 Å². The number of benzene rings is 2. The molecule has 0 saturated heterocycles. The molecule has 4 heteroatoms. The zero-order valence-electron chi connectivity index (χ0n) is 10.4. The molecule has 19 heavy (non-hydrogen) atoms. The summed E-state index contributed by atoms with van der Waals surface area (Å²) in [4.78, 5) is 12.0. The first-order valence-electron chi connectivity index (χ1n) is 5.85. The van der Waals surface area contributed by atoms with Gasteiger partial charge in [0.1, 0.15) is 0 Å². The molecular formula is C15H13Br2NO. The lowest BCUT2D eigenvalue weighted by Gasteiger charge is -2.07. The van der Waals surface area contributed by atoms with E-state index in [0.29, 0.717) is 12.1 Å². The maximum Gasteiger partial charge on any atom is 0.251 e. The summed E-state index contributed by atoms with van der Waals surface area (Å²) in [5, 5.41) is 2.91. The van der Waals surface area contributed by atoms with Crippen molar-refractivity contribution < 1.29 is 4.79 Å². The van der Waals surface area contributed by atoms with Crippen LogP contribution in [0.3, 0.4) is 0 Å². The van der Waals surface area contributed by atoms with Gasteiger partial charge in [-0.1, -0.05) is 44.0 Å². The first-order valence-corrected chi connectivity index (χ1v) is 7.43. The van der Waals surface area contributed by atoms with Gasteiger partial charge in [-0.3, -0.25) is 4.79 Å². The summed E-state index contributed by atoms with van der Waals surface area (Å²) in [6.45, 7) is 2.50. The highest BCUT2D eigenvalue weighted by molar-refractivity contribution is 9.10. The van der Waals surface area contributed by atoms with Crippen LogP contribution in [0.4, 0.5) is 0 Å². The third-order valence-corrected chi connectivity index (χ3v) is 4.20. The van der Waals surface area contributed by atoms with E-state index in [4.69, 9.17) is 0 Å². The van der Waals surface area contributed by atoms with Crippen molar-refractivity contribution in [3.8, 4) is 0 Å². The van der Waals surface area contributed by atoms with Gasteiger partial charge in [-0.15, -0.1) is 0 Å². The van der Waals surface area contributed by atoms with Crippen molar-refractivity contribution in [2.45, 2.75) is 13.5 Å². The van der Waals surface area contributed by atoms with Crippen molar-refractivity contribution in [1.29, 1.82) is 0 Å². The number of aryl methyl sites for hydroxylation is 1. The van der Waals surface area contributed by atoms with E-state index in [-0.39, 0.29) is 5.91 Å². The summed E-state index contributed by atoms with van der Waals surface area (Å²) in [5.41, 5.74) is 2.81. The van der Waals surface area contributed by atoms with E-state index >= 15 is 0 Å². The molecule has 0 spiro atoms. The van der Waals surface area contributed by atoms with Crippen LogP contribution in [0.2, 0.25) is 0 Å². The molecule has 0 unspecified atom stereocenters. The molecule has 0 aliphatic carbocycles. The van der Waals surface area contributed by atoms with Crippen LogP contribution in [0.15, 0.2) is 51.4 Å². The van der Waals surface area contributed by atoms with Gasteiger partial charge in [-0.25, -0.2) is 0 Å². The molecule has 2 aromatic rings. The zero-order chi connectivity index (χ0) is 13.8. The van der Waals surface area contributed by atoms with E-state index in [1.807, 2.05) is 49.4 Å². The molecule has 0 aliphatic rings. The molecule has 2 rings (SSSR count). The lowest BCUT2D eigenvalue weighted by Crippen LogP contribution is -2.22. The van der Waals surface area contributed by atoms with Crippen LogP contribution >= 0.6 is 31.9 Å². The smallest absolute Gasteiger partial charge is 0.251 e. The fourth-order valence-electron chi connectivity index (χ4n) is 1.67. The number of hydrogen-bond acceptors (Lipinski definition) is 1. The Bertz CT molecular complexity index is 594. The molecule has 1 N–H and O–H groups in total. The fourth-order valence-corrected chi connectivity index (χ4v) is 2.18. The Morgan fingerprint density at radius 3 is 2.42 bits per heavy atom. The number of carbonyl (C=O) groups excluding carboxylic acids is 1. The van der Waals surface area contributed by atoms with Gasteiger partial charge in [0.05, 0.1) is 0 Å². The van der Waals surface area contributed by atoms with Crippen molar-refractivity contribution in [2.24, 2.45) is 0 Å². The van der Waals surface area contributed by atoms with Gasteiger partial charge in [-0.05, 0) is 48.4 Å². The standard InChI is InChI=1S/C15H13Br2NO/c1-10-8-12(4-7-14(10)17)15(19)18-9-11-2-5-13(16)6-3-11/h2-8H,9H2,1H3,(H,18,19). The normalized spacial score (nSPS) is 10.3. The van der Waals surface area contributed by atoms with E-state index in [1.165, 1.54) is 0 Å². The Hall–Kier alpha value is -1.13. The van der Waals surface area contributed by atoms with Gasteiger partial charge in [-0.2, -0.15) is 0 Å². The lowest BCUT2D eigenvalue weighted by atomic mass is 10.1. The average Bonchev–Trinajstić information content (AvgIpc) is 2.41. The Kier molecular flexibility index (Phi) is 4.77. The monoisotopic (exact) mass is 381 g/mol. The third kappa shape index (κ3) is 3.91. The topological polar surface area (TPSA) is 29.1 Å². The lowest BCUT2D eigenvalue weighted by molar-refractivity contribution is 0.0951. The zero-order valence-corrected chi connectivity index (χ0v) is 13.6. The second-order valence-electron chi connectivity index (χ2n) is 4.27. The number of hydrogen-bond donors (Lipinski definition) is 1. The quantitative estimate of drug-likeness (QED) is 0.834. The second-order valence-corrected chi connectivity index (χ2v) is 6.04. The molecule has 0 radical (unpaired) electrons. The van der Waals surface area contributed by atoms with Gasteiger partial charge in [0.2, 0.25) is 0 Å². The molecule has 1 amide bonds. The second kappa shape index (κ2) is 6.35. The van der Waals surface area contributed by atoms with Crippen LogP contribution in [0.5, 0.6) is 0 Å². The van der Waals surface area contributed by atoms with Crippen LogP contribution in [-0.2, 0) is 6.54 Å². The van der Waals surface area contributed by atoms with Crippen LogP contribution in [-0.4, -0.2) is 5.91 Å². The van der Waals surface area contributed by atoms with E-state index in [2.05, 4.69) is 37.2 Å². The summed E-state index contributed by atoms with van der Waals surface area (Å²) in [6, 6.07) is 13.5. The van der Waals surface area contributed by atoms with Crippen molar-refractivity contribution >= 4 is 37.8 Å². The molecule has 2 aromatic carbocycles. The predicted octanol–water partition coefficient (Wildman–Crippen LogP) is 4.45. The fraction of sp³-hybridized carbons (Fsp3) is 0.133. The van der Waals surface area contributed by atoms with Crippen molar-refractivity contribution in [3.05, 3.63) is 68.1 Å². The molecule has 0 heterocycles. The summed E-state index contributed by atoms with van der Waals surface area (Å²) in [6.07, 6.45) is 0.